The highest BCUT2D eigenvalue weighted by Crippen LogP contribution is 2.52. The average Bonchev–Trinajstić information content (AvgIpc) is 2.79. The van der Waals surface area contributed by atoms with Crippen molar-refractivity contribution in [2.75, 3.05) is 13.2 Å². The summed E-state index contributed by atoms with van der Waals surface area (Å²) in [4.78, 5) is 30.5. The summed E-state index contributed by atoms with van der Waals surface area (Å²) >= 11 is 17.7. The molecule has 0 radical (unpaired) electrons. The van der Waals surface area contributed by atoms with E-state index in [-0.39, 0.29) is 50.1 Å². The second-order valence-corrected chi connectivity index (χ2v) is 9.56. The summed E-state index contributed by atoms with van der Waals surface area (Å²) in [5.74, 6) is -0.989. The lowest BCUT2D eigenvalue weighted by Crippen LogP contribution is -2.39. The van der Waals surface area contributed by atoms with Gasteiger partial charge in [0.1, 0.15) is 0 Å². The zero-order chi connectivity index (χ0) is 19.3. The first-order chi connectivity index (χ1) is 12.0. The first-order valence-electron chi connectivity index (χ1n) is 8.47. The van der Waals surface area contributed by atoms with E-state index < -0.39 is 5.97 Å². The lowest BCUT2D eigenvalue weighted by atomic mass is 9.65. The summed E-state index contributed by atoms with van der Waals surface area (Å²) in [6.45, 7) is 7.06. The van der Waals surface area contributed by atoms with Gasteiger partial charge >= 0.3 is 5.97 Å². The van der Waals surface area contributed by atoms with Crippen molar-refractivity contribution in [3.63, 3.8) is 0 Å². The van der Waals surface area contributed by atoms with Crippen molar-refractivity contribution in [1.29, 1.82) is 0 Å². The number of carbonyl (C=O) groups is 2. The predicted molar refractivity (Wildman–Crippen MR) is 101 cm³/mol. The molecule has 1 aromatic heterocycles. The Hall–Kier alpha value is -1.04. The van der Waals surface area contributed by atoms with Crippen LogP contribution in [0.2, 0.25) is 15.1 Å². The maximum Gasteiger partial charge on any atom is 0.359 e. The molecule has 5 nitrogen and oxygen atoms in total. The number of esters is 1. The van der Waals surface area contributed by atoms with Gasteiger partial charge in [0, 0.05) is 18.8 Å². The second kappa shape index (κ2) is 6.84. The lowest BCUT2D eigenvalue weighted by Gasteiger charge is -2.39. The van der Waals surface area contributed by atoms with E-state index in [1.54, 1.807) is 0 Å². The molecule has 8 heteroatoms. The van der Waals surface area contributed by atoms with Crippen LogP contribution in [-0.4, -0.2) is 41.0 Å². The fraction of sp³-hybridized carbons (Fsp3) is 0.611. The molecule has 1 aromatic rings. The van der Waals surface area contributed by atoms with Crippen molar-refractivity contribution in [1.82, 2.24) is 9.88 Å². The molecule has 2 aliphatic rings. The number of fused-ring (bicyclic) bond motifs is 2. The number of nitrogens with zero attached hydrogens (tertiary/aromatic N) is 2. The smallest absolute Gasteiger partial charge is 0.359 e. The van der Waals surface area contributed by atoms with Crippen molar-refractivity contribution in [3.05, 3.63) is 27.0 Å². The Morgan fingerprint density at radius 2 is 1.92 bits per heavy atom. The topological polar surface area (TPSA) is 59.5 Å². The molecule has 1 aliphatic carbocycles. The normalized spacial score (nSPS) is 26.7. The minimum atomic E-state index is -0.796. The lowest BCUT2D eigenvalue weighted by molar-refractivity contribution is -0.135. The molecule has 3 rings (SSSR count). The quantitative estimate of drug-likeness (QED) is 0.670. The number of aromatic nitrogens is 1. The van der Waals surface area contributed by atoms with Gasteiger partial charge in [0.15, 0.2) is 12.3 Å². The van der Waals surface area contributed by atoms with E-state index >= 15 is 0 Å². The minimum absolute atomic E-state index is 0.0325. The fourth-order valence-corrected chi connectivity index (χ4v) is 5.17. The van der Waals surface area contributed by atoms with Crippen LogP contribution in [0, 0.1) is 10.8 Å². The standard InChI is InChI=1S/C18H21Cl3N2O3/c1-17(2)4-10-5-18(3,8-17)9-23(10)12(24)7-26-16(25)15-14(21)13(20)11(19)6-22-15/h6,10H,4-5,7-9H2,1-3H3. The maximum atomic E-state index is 12.6. The Balaban J connectivity index is 1.65. The summed E-state index contributed by atoms with van der Waals surface area (Å²) in [5.41, 5.74) is 0.184. The van der Waals surface area contributed by atoms with Crippen molar-refractivity contribution in [3.8, 4) is 0 Å². The van der Waals surface area contributed by atoms with Crippen molar-refractivity contribution < 1.29 is 14.3 Å². The van der Waals surface area contributed by atoms with E-state index in [0.717, 1.165) is 19.3 Å². The van der Waals surface area contributed by atoms with E-state index in [9.17, 15) is 9.59 Å². The van der Waals surface area contributed by atoms with Gasteiger partial charge in [-0.25, -0.2) is 9.78 Å². The van der Waals surface area contributed by atoms with Crippen molar-refractivity contribution in [2.24, 2.45) is 10.8 Å². The van der Waals surface area contributed by atoms with Gasteiger partial charge in [-0.05, 0) is 30.1 Å². The molecular weight excluding hydrogens is 399 g/mol. The summed E-state index contributed by atoms with van der Waals surface area (Å²) < 4.78 is 5.13. The van der Waals surface area contributed by atoms with E-state index in [2.05, 4.69) is 25.8 Å². The third kappa shape index (κ3) is 3.80. The molecule has 2 heterocycles. The molecule has 0 N–H and O–H groups in total. The largest absolute Gasteiger partial charge is 0.451 e. The van der Waals surface area contributed by atoms with Gasteiger partial charge in [0.05, 0.1) is 15.1 Å². The number of likely N-dealkylation sites (tertiary alicyclic amines) is 1. The van der Waals surface area contributed by atoms with Gasteiger partial charge in [-0.15, -0.1) is 0 Å². The van der Waals surface area contributed by atoms with Crippen LogP contribution in [0.15, 0.2) is 6.20 Å². The number of halogens is 3. The highest BCUT2D eigenvalue weighted by Gasteiger charge is 2.50. The number of ether oxygens (including phenoxy) is 1. The molecule has 2 unspecified atom stereocenters. The predicted octanol–water partition coefficient (Wildman–Crippen LogP) is 4.63. The molecule has 1 saturated carbocycles. The van der Waals surface area contributed by atoms with Gasteiger partial charge < -0.3 is 9.64 Å². The molecule has 142 valence electrons. The van der Waals surface area contributed by atoms with E-state index in [0.29, 0.717) is 6.54 Å². The Labute approximate surface area is 167 Å². The molecular formula is C18H21Cl3N2O3. The first kappa shape index (κ1) is 19.7. The molecule has 26 heavy (non-hydrogen) atoms. The average molecular weight is 420 g/mol. The summed E-state index contributed by atoms with van der Waals surface area (Å²) in [6.07, 6.45) is 4.27. The molecule has 2 fully saturated rings. The molecule has 0 aromatic carbocycles. The van der Waals surface area contributed by atoms with Gasteiger partial charge in [-0.1, -0.05) is 55.6 Å². The fourth-order valence-electron chi connectivity index (χ4n) is 4.62. The van der Waals surface area contributed by atoms with Gasteiger partial charge in [0.25, 0.3) is 5.91 Å². The SMILES string of the molecule is CC1(C)CC2CC(C)(CN2C(=O)COC(=O)c2ncc(Cl)c(Cl)c2Cl)C1. The number of hydrogen-bond donors (Lipinski definition) is 0. The summed E-state index contributed by atoms with van der Waals surface area (Å²) in [5, 5.41) is 0.0949. The van der Waals surface area contributed by atoms with Crippen LogP contribution in [-0.2, 0) is 9.53 Å². The van der Waals surface area contributed by atoms with Crippen LogP contribution in [0.5, 0.6) is 0 Å². The van der Waals surface area contributed by atoms with Crippen molar-refractivity contribution in [2.45, 2.75) is 46.1 Å². The summed E-state index contributed by atoms with van der Waals surface area (Å²) in [7, 11) is 0. The number of rotatable bonds is 3. The Kier molecular flexibility index (Phi) is 5.19. The van der Waals surface area contributed by atoms with E-state index in [4.69, 9.17) is 39.5 Å². The molecule has 1 saturated heterocycles. The van der Waals surface area contributed by atoms with E-state index in [1.165, 1.54) is 6.20 Å². The number of hydrogen-bond acceptors (Lipinski definition) is 4. The molecule has 2 atom stereocenters. The highest BCUT2D eigenvalue weighted by atomic mass is 35.5. The van der Waals surface area contributed by atoms with E-state index in [1.807, 2.05) is 4.90 Å². The van der Waals surface area contributed by atoms with Gasteiger partial charge in [-0.3, -0.25) is 4.79 Å². The monoisotopic (exact) mass is 418 g/mol. The first-order valence-corrected chi connectivity index (χ1v) is 9.61. The molecule has 2 bridgehead atoms. The van der Waals surface area contributed by atoms with Crippen LogP contribution in [0.4, 0.5) is 0 Å². The Bertz CT molecular complexity index is 768. The number of amides is 1. The third-order valence-electron chi connectivity index (χ3n) is 5.17. The number of carbonyl (C=O) groups excluding carboxylic acids is 2. The van der Waals surface area contributed by atoms with Gasteiger partial charge in [-0.2, -0.15) is 0 Å². The van der Waals surface area contributed by atoms with Crippen LogP contribution in [0.25, 0.3) is 0 Å². The highest BCUT2D eigenvalue weighted by molar-refractivity contribution is 6.48. The van der Waals surface area contributed by atoms with Crippen LogP contribution >= 0.6 is 34.8 Å². The maximum absolute atomic E-state index is 12.6. The minimum Gasteiger partial charge on any atom is -0.451 e. The van der Waals surface area contributed by atoms with Crippen LogP contribution in [0.3, 0.4) is 0 Å². The van der Waals surface area contributed by atoms with Crippen LogP contribution < -0.4 is 0 Å². The third-order valence-corrected chi connectivity index (χ3v) is 6.41. The van der Waals surface area contributed by atoms with Gasteiger partial charge in [0.2, 0.25) is 0 Å². The Morgan fingerprint density at radius 1 is 1.23 bits per heavy atom. The molecule has 1 aliphatic heterocycles. The second-order valence-electron chi connectivity index (χ2n) is 8.39. The van der Waals surface area contributed by atoms with Crippen LogP contribution in [0.1, 0.15) is 50.5 Å². The summed E-state index contributed by atoms with van der Waals surface area (Å²) in [6, 6.07) is 0.196. The zero-order valence-corrected chi connectivity index (χ0v) is 17.2. The molecule has 1 amide bonds. The zero-order valence-electron chi connectivity index (χ0n) is 14.9. The molecule has 0 spiro atoms. The van der Waals surface area contributed by atoms with Crippen molar-refractivity contribution >= 4 is 46.7 Å². The number of pyridine rings is 1. The Morgan fingerprint density at radius 3 is 2.62 bits per heavy atom.